The second-order valence-electron chi connectivity index (χ2n) is 3.87. The zero-order valence-electron chi connectivity index (χ0n) is 8.56. The molecule has 0 saturated carbocycles. The number of nitrogens with one attached hydrogen (secondary N) is 1. The third-order valence-electron chi connectivity index (χ3n) is 2.35. The summed E-state index contributed by atoms with van der Waals surface area (Å²) in [6.07, 6.45) is 0. The van der Waals surface area contributed by atoms with E-state index in [9.17, 15) is 0 Å². The van der Waals surface area contributed by atoms with Crippen molar-refractivity contribution in [2.75, 3.05) is 0 Å². The first kappa shape index (κ1) is 9.53. The van der Waals surface area contributed by atoms with Gasteiger partial charge in [0.25, 0.3) is 0 Å². The number of aromatic amines is 1. The normalized spacial score (nSPS) is 11.5. The van der Waals surface area contributed by atoms with E-state index in [1.54, 1.807) is 0 Å². The molecular formula is C11H13ClN2. The molecule has 0 fully saturated rings. The van der Waals surface area contributed by atoms with Crippen LogP contribution in [-0.2, 0) is 0 Å². The van der Waals surface area contributed by atoms with Crippen molar-refractivity contribution in [2.24, 2.45) is 0 Å². The number of aromatic nitrogens is 2. The maximum atomic E-state index is 6.16. The lowest BCUT2D eigenvalue weighted by atomic mass is 10.2. The number of nitrogens with zero attached hydrogens (tertiary/aromatic N) is 1. The molecule has 1 aromatic carbocycles. The molecule has 2 aromatic rings. The summed E-state index contributed by atoms with van der Waals surface area (Å²) in [6.45, 7) is 6.21. The maximum absolute atomic E-state index is 6.16. The maximum Gasteiger partial charge on any atom is 0.109 e. The summed E-state index contributed by atoms with van der Waals surface area (Å²) in [5.74, 6) is 1.39. The van der Waals surface area contributed by atoms with E-state index in [2.05, 4.69) is 23.8 Å². The van der Waals surface area contributed by atoms with Gasteiger partial charge in [-0.3, -0.25) is 0 Å². The summed E-state index contributed by atoms with van der Waals surface area (Å²) in [7, 11) is 0. The van der Waals surface area contributed by atoms with Gasteiger partial charge in [0.2, 0.25) is 0 Å². The highest BCUT2D eigenvalue weighted by Gasteiger charge is 2.09. The topological polar surface area (TPSA) is 28.7 Å². The molecule has 2 rings (SSSR count). The molecule has 0 amide bonds. The molecule has 74 valence electrons. The Bertz CT molecular complexity index is 471. The third kappa shape index (κ3) is 1.40. The monoisotopic (exact) mass is 208 g/mol. The van der Waals surface area contributed by atoms with E-state index in [-0.39, 0.29) is 0 Å². The van der Waals surface area contributed by atoms with Crippen LogP contribution in [0.15, 0.2) is 12.1 Å². The average molecular weight is 209 g/mol. The Kier molecular flexibility index (Phi) is 2.23. The van der Waals surface area contributed by atoms with Crippen molar-refractivity contribution >= 4 is 22.6 Å². The molecule has 14 heavy (non-hydrogen) atoms. The van der Waals surface area contributed by atoms with E-state index in [1.165, 1.54) is 0 Å². The molecule has 1 N–H and O–H groups in total. The van der Waals surface area contributed by atoms with Gasteiger partial charge in [0.15, 0.2) is 0 Å². The summed E-state index contributed by atoms with van der Waals surface area (Å²) in [6, 6.07) is 4.03. The van der Waals surface area contributed by atoms with Crippen LogP contribution < -0.4 is 0 Å². The number of fused-ring (bicyclic) bond motifs is 1. The number of benzene rings is 1. The Morgan fingerprint density at radius 3 is 2.71 bits per heavy atom. The van der Waals surface area contributed by atoms with Crippen molar-refractivity contribution in [1.82, 2.24) is 9.97 Å². The average Bonchev–Trinajstić information content (AvgIpc) is 2.56. The van der Waals surface area contributed by atoms with E-state index >= 15 is 0 Å². The highest BCUT2D eigenvalue weighted by Crippen LogP contribution is 2.26. The number of halogens is 1. The molecule has 0 aliphatic rings. The van der Waals surface area contributed by atoms with Crippen LogP contribution >= 0.6 is 11.6 Å². The van der Waals surface area contributed by atoms with Gasteiger partial charge in [0, 0.05) is 5.92 Å². The molecule has 0 atom stereocenters. The summed E-state index contributed by atoms with van der Waals surface area (Å²) in [5, 5.41) is 0.755. The zero-order valence-corrected chi connectivity index (χ0v) is 9.31. The van der Waals surface area contributed by atoms with Gasteiger partial charge >= 0.3 is 0 Å². The Labute approximate surface area is 88.3 Å². The minimum absolute atomic E-state index is 0.402. The van der Waals surface area contributed by atoms with E-state index < -0.39 is 0 Å². The summed E-state index contributed by atoms with van der Waals surface area (Å²) < 4.78 is 0. The Morgan fingerprint density at radius 2 is 2.07 bits per heavy atom. The van der Waals surface area contributed by atoms with Gasteiger partial charge in [0.05, 0.1) is 10.5 Å². The zero-order chi connectivity index (χ0) is 10.3. The van der Waals surface area contributed by atoms with Crippen molar-refractivity contribution in [2.45, 2.75) is 26.7 Å². The molecule has 0 bridgehead atoms. The lowest BCUT2D eigenvalue weighted by Crippen LogP contribution is -1.88. The van der Waals surface area contributed by atoms with Crippen molar-refractivity contribution in [3.63, 3.8) is 0 Å². The molecule has 1 aromatic heterocycles. The quantitative estimate of drug-likeness (QED) is 0.762. The molecule has 0 radical (unpaired) electrons. The molecule has 0 aliphatic carbocycles. The second kappa shape index (κ2) is 3.28. The number of rotatable bonds is 1. The predicted octanol–water partition coefficient (Wildman–Crippen LogP) is 3.65. The van der Waals surface area contributed by atoms with Crippen LogP contribution in [0.1, 0.15) is 31.2 Å². The molecule has 0 spiro atoms. The van der Waals surface area contributed by atoms with Gasteiger partial charge in [-0.05, 0) is 18.6 Å². The first-order chi connectivity index (χ1) is 6.59. The van der Waals surface area contributed by atoms with Gasteiger partial charge in [0.1, 0.15) is 11.3 Å². The summed E-state index contributed by atoms with van der Waals surface area (Å²) >= 11 is 6.16. The molecule has 0 saturated heterocycles. The molecule has 3 heteroatoms. The minimum atomic E-state index is 0.402. The molecule has 2 nitrogen and oxygen atoms in total. The fourth-order valence-electron chi connectivity index (χ4n) is 1.44. The van der Waals surface area contributed by atoms with Crippen molar-refractivity contribution in [3.8, 4) is 0 Å². The van der Waals surface area contributed by atoms with Crippen LogP contribution in [0.5, 0.6) is 0 Å². The van der Waals surface area contributed by atoms with E-state index in [4.69, 9.17) is 11.6 Å². The first-order valence-corrected chi connectivity index (χ1v) is 5.12. The van der Waals surface area contributed by atoms with Gasteiger partial charge < -0.3 is 4.98 Å². The van der Waals surface area contributed by atoms with Crippen molar-refractivity contribution in [1.29, 1.82) is 0 Å². The Balaban J connectivity index is 2.71. The van der Waals surface area contributed by atoms with Crippen molar-refractivity contribution < 1.29 is 0 Å². The van der Waals surface area contributed by atoms with Gasteiger partial charge in [-0.2, -0.15) is 0 Å². The van der Waals surface area contributed by atoms with Gasteiger partial charge in [-0.25, -0.2) is 4.98 Å². The van der Waals surface area contributed by atoms with Crippen molar-refractivity contribution in [3.05, 3.63) is 28.5 Å². The largest absolute Gasteiger partial charge is 0.342 e. The molecular weight excluding hydrogens is 196 g/mol. The van der Waals surface area contributed by atoms with Crippen LogP contribution in [0.4, 0.5) is 0 Å². The summed E-state index contributed by atoms with van der Waals surface area (Å²) in [4.78, 5) is 7.75. The van der Waals surface area contributed by atoms with Gasteiger partial charge in [-0.1, -0.05) is 31.5 Å². The lowest BCUT2D eigenvalue weighted by molar-refractivity contribution is 0.799. The molecule has 0 aliphatic heterocycles. The smallest absolute Gasteiger partial charge is 0.109 e. The highest BCUT2D eigenvalue weighted by molar-refractivity contribution is 6.35. The van der Waals surface area contributed by atoms with Crippen LogP contribution in [0.25, 0.3) is 11.0 Å². The molecule has 1 heterocycles. The van der Waals surface area contributed by atoms with Crippen LogP contribution in [0, 0.1) is 6.92 Å². The fourth-order valence-corrected chi connectivity index (χ4v) is 1.64. The van der Waals surface area contributed by atoms with E-state index in [0.29, 0.717) is 5.92 Å². The lowest BCUT2D eigenvalue weighted by Gasteiger charge is -1.96. The fraction of sp³-hybridized carbons (Fsp3) is 0.364. The second-order valence-corrected chi connectivity index (χ2v) is 4.25. The van der Waals surface area contributed by atoms with Crippen LogP contribution in [0.3, 0.4) is 0 Å². The van der Waals surface area contributed by atoms with E-state index in [1.807, 2.05) is 19.1 Å². The number of H-pyrrole nitrogens is 1. The first-order valence-electron chi connectivity index (χ1n) is 4.74. The Morgan fingerprint density at radius 1 is 1.36 bits per heavy atom. The van der Waals surface area contributed by atoms with Crippen LogP contribution in [-0.4, -0.2) is 9.97 Å². The van der Waals surface area contributed by atoms with Crippen LogP contribution in [0.2, 0.25) is 5.02 Å². The highest BCUT2D eigenvalue weighted by atomic mass is 35.5. The number of hydrogen-bond acceptors (Lipinski definition) is 1. The number of imidazole rings is 1. The van der Waals surface area contributed by atoms with E-state index in [0.717, 1.165) is 27.4 Å². The number of hydrogen-bond donors (Lipinski definition) is 1. The number of aryl methyl sites for hydroxylation is 1. The third-order valence-corrected chi connectivity index (χ3v) is 2.83. The minimum Gasteiger partial charge on any atom is -0.342 e. The van der Waals surface area contributed by atoms with Gasteiger partial charge in [-0.15, -0.1) is 0 Å². The predicted molar refractivity (Wildman–Crippen MR) is 59.9 cm³/mol. The molecule has 0 unspecified atom stereocenters. The Hall–Kier alpha value is -1.02. The standard InChI is InChI=1S/C11H13ClN2/c1-6(2)11-13-8-5-4-7(3)9(12)10(8)14-11/h4-6H,1-3H3,(H,13,14). The SMILES string of the molecule is Cc1ccc2[nH]c(C(C)C)nc2c1Cl. The summed E-state index contributed by atoms with van der Waals surface area (Å²) in [5.41, 5.74) is 2.97.